The van der Waals surface area contributed by atoms with Crippen molar-refractivity contribution in [2.24, 2.45) is 0 Å². The average Bonchev–Trinajstić information content (AvgIpc) is 3.21. The summed E-state index contributed by atoms with van der Waals surface area (Å²) in [6.07, 6.45) is 0. The predicted molar refractivity (Wildman–Crippen MR) is 122 cm³/mol. The van der Waals surface area contributed by atoms with Crippen LogP contribution in [0, 0.1) is 0 Å². The van der Waals surface area contributed by atoms with Crippen molar-refractivity contribution in [3.8, 4) is 11.5 Å². The molecule has 1 N–H and O–H groups in total. The summed E-state index contributed by atoms with van der Waals surface area (Å²) in [5, 5.41) is 0.817. The lowest BCUT2D eigenvalue weighted by Crippen LogP contribution is -2.35. The van der Waals surface area contributed by atoms with Crippen LogP contribution in [0.3, 0.4) is 0 Å². The molecule has 1 aromatic heterocycles. The van der Waals surface area contributed by atoms with Crippen molar-refractivity contribution >= 4 is 16.8 Å². The van der Waals surface area contributed by atoms with Crippen LogP contribution in [0.2, 0.25) is 0 Å². The van der Waals surface area contributed by atoms with E-state index in [1.165, 1.54) is 0 Å². The Balaban J connectivity index is 1.63. The second-order valence-electron chi connectivity index (χ2n) is 8.96. The van der Waals surface area contributed by atoms with Crippen LogP contribution in [0.1, 0.15) is 42.3 Å². The Hall–Kier alpha value is -3.32. The molecule has 0 bridgehead atoms. The van der Waals surface area contributed by atoms with Crippen LogP contribution in [0.5, 0.6) is 11.5 Å². The Labute approximate surface area is 186 Å². The largest absolute Gasteiger partial charge is 0.454 e. The van der Waals surface area contributed by atoms with Crippen molar-refractivity contribution in [1.29, 1.82) is 0 Å². The SMILES string of the molecule is COCCN(Cc1cc2cc3c(cc2[nH]c1=O)OCO3)C(=O)c1ccc(C(C)(C)C)cc1. The normalized spacial score (nSPS) is 12.9. The fraction of sp³-hybridized carbons (Fsp3) is 0.360. The number of nitrogens with zero attached hydrogens (tertiary/aromatic N) is 1. The lowest BCUT2D eigenvalue weighted by atomic mass is 9.86. The van der Waals surface area contributed by atoms with Gasteiger partial charge < -0.3 is 24.1 Å². The maximum Gasteiger partial charge on any atom is 0.254 e. The van der Waals surface area contributed by atoms with Gasteiger partial charge in [0.1, 0.15) is 0 Å². The molecule has 0 unspecified atom stereocenters. The first-order chi connectivity index (χ1) is 15.3. The summed E-state index contributed by atoms with van der Waals surface area (Å²) in [6, 6.07) is 13.0. The van der Waals surface area contributed by atoms with Crippen molar-refractivity contribution in [3.63, 3.8) is 0 Å². The van der Waals surface area contributed by atoms with Crippen LogP contribution in [0.15, 0.2) is 47.3 Å². The van der Waals surface area contributed by atoms with Gasteiger partial charge in [-0.15, -0.1) is 0 Å². The molecule has 0 saturated heterocycles. The van der Waals surface area contributed by atoms with E-state index in [1.807, 2.05) is 30.3 Å². The number of H-pyrrole nitrogens is 1. The number of aromatic nitrogens is 1. The molecule has 0 atom stereocenters. The average molecular weight is 437 g/mol. The molecule has 1 amide bonds. The zero-order chi connectivity index (χ0) is 22.9. The number of aromatic amines is 1. The second-order valence-corrected chi connectivity index (χ2v) is 8.96. The Morgan fingerprint density at radius 1 is 1.09 bits per heavy atom. The number of hydrogen-bond donors (Lipinski definition) is 1. The van der Waals surface area contributed by atoms with Gasteiger partial charge in [-0.25, -0.2) is 0 Å². The fourth-order valence-corrected chi connectivity index (χ4v) is 3.71. The van der Waals surface area contributed by atoms with Crippen LogP contribution in [0.4, 0.5) is 0 Å². The highest BCUT2D eigenvalue weighted by Crippen LogP contribution is 2.35. The van der Waals surface area contributed by atoms with Crippen molar-refractivity contribution in [3.05, 3.63) is 69.5 Å². The van der Waals surface area contributed by atoms with E-state index in [1.54, 1.807) is 24.1 Å². The molecule has 7 nitrogen and oxygen atoms in total. The molecule has 0 saturated carbocycles. The molecule has 1 aliphatic heterocycles. The topological polar surface area (TPSA) is 80.9 Å². The van der Waals surface area contributed by atoms with E-state index in [9.17, 15) is 9.59 Å². The number of carbonyl (C=O) groups excluding carboxylic acids is 1. The van der Waals surface area contributed by atoms with Gasteiger partial charge in [0.05, 0.1) is 18.7 Å². The Morgan fingerprint density at radius 2 is 1.78 bits per heavy atom. The van der Waals surface area contributed by atoms with Gasteiger partial charge in [-0.3, -0.25) is 9.59 Å². The third kappa shape index (κ3) is 4.48. The summed E-state index contributed by atoms with van der Waals surface area (Å²) in [7, 11) is 1.59. The highest BCUT2D eigenvalue weighted by molar-refractivity contribution is 5.94. The molecule has 0 aliphatic carbocycles. The molecule has 32 heavy (non-hydrogen) atoms. The number of ether oxygens (including phenoxy) is 3. The van der Waals surface area contributed by atoms with E-state index in [2.05, 4.69) is 25.8 Å². The molecule has 0 fully saturated rings. The van der Waals surface area contributed by atoms with Crippen molar-refractivity contribution in [2.75, 3.05) is 27.1 Å². The lowest BCUT2D eigenvalue weighted by molar-refractivity contribution is 0.0679. The zero-order valence-electron chi connectivity index (χ0n) is 18.9. The molecule has 7 heteroatoms. The summed E-state index contributed by atoms with van der Waals surface area (Å²) < 4.78 is 16.0. The molecule has 2 aromatic carbocycles. The molecule has 3 aromatic rings. The van der Waals surface area contributed by atoms with Crippen LogP contribution < -0.4 is 15.0 Å². The Morgan fingerprint density at radius 3 is 2.44 bits per heavy atom. The van der Waals surface area contributed by atoms with Gasteiger partial charge in [-0.1, -0.05) is 32.9 Å². The van der Waals surface area contributed by atoms with E-state index >= 15 is 0 Å². The van der Waals surface area contributed by atoms with Gasteiger partial charge in [0.2, 0.25) is 6.79 Å². The van der Waals surface area contributed by atoms with Gasteiger partial charge in [-0.05, 0) is 35.2 Å². The highest BCUT2D eigenvalue weighted by atomic mass is 16.7. The molecular weight excluding hydrogens is 408 g/mol. The van der Waals surface area contributed by atoms with E-state index < -0.39 is 0 Å². The van der Waals surface area contributed by atoms with Crippen molar-refractivity contribution in [1.82, 2.24) is 9.88 Å². The number of rotatable bonds is 6. The number of methoxy groups -OCH3 is 1. The molecule has 168 valence electrons. The fourth-order valence-electron chi connectivity index (χ4n) is 3.71. The minimum Gasteiger partial charge on any atom is -0.454 e. The minimum absolute atomic E-state index is 0.00460. The van der Waals surface area contributed by atoms with Crippen molar-refractivity contribution < 1.29 is 19.0 Å². The third-order valence-electron chi connectivity index (χ3n) is 5.63. The minimum atomic E-state index is -0.241. The number of carbonyl (C=O) groups is 1. The van der Waals surface area contributed by atoms with Crippen LogP contribution in [-0.4, -0.2) is 42.8 Å². The summed E-state index contributed by atoms with van der Waals surface area (Å²) >= 11 is 0. The van der Waals surface area contributed by atoms with E-state index in [-0.39, 0.29) is 30.2 Å². The van der Waals surface area contributed by atoms with E-state index in [0.29, 0.717) is 41.3 Å². The number of nitrogens with one attached hydrogen (secondary N) is 1. The first kappa shape index (κ1) is 21.9. The second kappa shape index (κ2) is 8.67. The first-order valence-corrected chi connectivity index (χ1v) is 10.6. The number of benzene rings is 2. The van der Waals surface area contributed by atoms with Crippen LogP contribution in [0.25, 0.3) is 10.9 Å². The van der Waals surface area contributed by atoms with Crippen LogP contribution >= 0.6 is 0 Å². The highest BCUT2D eigenvalue weighted by Gasteiger charge is 2.21. The van der Waals surface area contributed by atoms with E-state index in [4.69, 9.17) is 14.2 Å². The molecular formula is C25H28N2O5. The smallest absolute Gasteiger partial charge is 0.254 e. The summed E-state index contributed by atoms with van der Waals surface area (Å²) in [5.41, 5.74) is 2.65. The molecule has 1 aliphatic rings. The Bertz CT molecular complexity index is 1190. The monoisotopic (exact) mass is 436 g/mol. The summed E-state index contributed by atoms with van der Waals surface area (Å²) in [5.74, 6) is 1.10. The van der Waals surface area contributed by atoms with Crippen LogP contribution in [-0.2, 0) is 16.7 Å². The quantitative estimate of drug-likeness (QED) is 0.635. The molecule has 0 radical (unpaired) electrons. The van der Waals surface area contributed by atoms with Gasteiger partial charge >= 0.3 is 0 Å². The van der Waals surface area contributed by atoms with Gasteiger partial charge in [0.15, 0.2) is 11.5 Å². The van der Waals surface area contributed by atoms with Crippen molar-refractivity contribution in [2.45, 2.75) is 32.7 Å². The maximum atomic E-state index is 13.3. The van der Waals surface area contributed by atoms with E-state index in [0.717, 1.165) is 10.9 Å². The number of amides is 1. The number of fused-ring (bicyclic) bond motifs is 2. The third-order valence-corrected chi connectivity index (χ3v) is 5.63. The maximum absolute atomic E-state index is 13.3. The number of hydrogen-bond acceptors (Lipinski definition) is 5. The molecule has 0 spiro atoms. The Kier molecular flexibility index (Phi) is 5.93. The lowest BCUT2D eigenvalue weighted by Gasteiger charge is -2.23. The zero-order valence-corrected chi connectivity index (χ0v) is 18.9. The predicted octanol–water partition coefficient (Wildman–Crippen LogP) is 3.84. The molecule has 4 rings (SSSR count). The summed E-state index contributed by atoms with van der Waals surface area (Å²) in [6.45, 7) is 7.47. The summed E-state index contributed by atoms with van der Waals surface area (Å²) in [4.78, 5) is 30.6. The van der Waals surface area contributed by atoms with Gasteiger partial charge in [0, 0.05) is 36.2 Å². The standard InChI is InChI=1S/C25H28N2O5/c1-25(2,3)19-7-5-16(6-8-19)24(29)27(9-10-30-4)14-18-11-17-12-21-22(32-15-31-21)13-20(17)26-23(18)28/h5-8,11-13H,9-10,14-15H2,1-4H3,(H,26,28). The first-order valence-electron chi connectivity index (χ1n) is 10.6. The van der Waals surface area contributed by atoms with Gasteiger partial charge in [0.25, 0.3) is 11.5 Å². The molecule has 2 heterocycles. The van der Waals surface area contributed by atoms with Gasteiger partial charge in [-0.2, -0.15) is 0 Å². The number of pyridine rings is 1.